The highest BCUT2D eigenvalue weighted by atomic mass is 32.2. The minimum absolute atomic E-state index is 0.0807. The van der Waals surface area contributed by atoms with Gasteiger partial charge in [0.25, 0.3) is 0 Å². The van der Waals surface area contributed by atoms with Crippen molar-refractivity contribution in [2.75, 3.05) is 13.2 Å². The zero-order valence-corrected chi connectivity index (χ0v) is 13.5. The Morgan fingerprint density at radius 1 is 1.24 bits per heavy atom. The van der Waals surface area contributed by atoms with E-state index in [1.807, 2.05) is 20.8 Å². The molecule has 118 valence electrons. The summed E-state index contributed by atoms with van der Waals surface area (Å²) in [4.78, 5) is 11.8. The molecule has 1 rings (SSSR count). The van der Waals surface area contributed by atoms with Gasteiger partial charge in [-0.3, -0.25) is 0 Å². The summed E-state index contributed by atoms with van der Waals surface area (Å²) in [7, 11) is -3.87. The summed E-state index contributed by atoms with van der Waals surface area (Å²) in [6.45, 7) is 7.65. The van der Waals surface area contributed by atoms with Crippen molar-refractivity contribution in [1.29, 1.82) is 0 Å². The Kier molecular flexibility index (Phi) is 5.49. The zero-order valence-electron chi connectivity index (χ0n) is 12.7. The smallest absolute Gasteiger partial charge is 0.338 e. The molecule has 0 atom stereocenters. The van der Waals surface area contributed by atoms with Gasteiger partial charge in [0.2, 0.25) is 10.0 Å². The van der Waals surface area contributed by atoms with Gasteiger partial charge >= 0.3 is 5.97 Å². The summed E-state index contributed by atoms with van der Waals surface area (Å²) < 4.78 is 33.3. The topological polar surface area (TPSA) is 95.7 Å². The SMILES string of the molecule is Cc1ccc(C(=O)OCCOC(C)(C)C)cc1S(N)(=O)=O. The number of hydrogen-bond donors (Lipinski definition) is 1. The molecule has 0 aromatic heterocycles. The first-order valence-corrected chi connectivity index (χ1v) is 8.00. The predicted molar refractivity (Wildman–Crippen MR) is 78.5 cm³/mol. The Hall–Kier alpha value is -1.44. The molecule has 1 aromatic rings. The quantitative estimate of drug-likeness (QED) is 0.658. The first-order chi connectivity index (χ1) is 9.50. The van der Waals surface area contributed by atoms with Crippen molar-refractivity contribution < 1.29 is 22.7 Å². The van der Waals surface area contributed by atoms with Crippen molar-refractivity contribution >= 4 is 16.0 Å². The highest BCUT2D eigenvalue weighted by Crippen LogP contribution is 2.16. The van der Waals surface area contributed by atoms with E-state index in [1.54, 1.807) is 6.92 Å². The van der Waals surface area contributed by atoms with E-state index in [0.717, 1.165) is 0 Å². The van der Waals surface area contributed by atoms with E-state index >= 15 is 0 Å². The van der Waals surface area contributed by atoms with Crippen LogP contribution in [0.1, 0.15) is 36.7 Å². The standard InChI is InChI=1S/C14H21NO5S/c1-10-5-6-11(9-12(10)21(15,17)18)13(16)19-7-8-20-14(2,3)4/h5-6,9H,7-8H2,1-4H3,(H2,15,17,18). The highest BCUT2D eigenvalue weighted by molar-refractivity contribution is 7.89. The maximum Gasteiger partial charge on any atom is 0.338 e. The Bertz CT molecular complexity index is 617. The number of carbonyl (C=O) groups excluding carboxylic acids is 1. The minimum atomic E-state index is -3.87. The molecule has 0 saturated heterocycles. The van der Waals surface area contributed by atoms with Gasteiger partial charge in [-0.15, -0.1) is 0 Å². The molecule has 0 aliphatic carbocycles. The molecule has 0 saturated carbocycles. The molecule has 7 heteroatoms. The molecule has 0 radical (unpaired) electrons. The van der Waals surface area contributed by atoms with Gasteiger partial charge < -0.3 is 9.47 Å². The van der Waals surface area contributed by atoms with E-state index in [0.29, 0.717) is 5.56 Å². The van der Waals surface area contributed by atoms with Gasteiger partial charge in [0.1, 0.15) is 6.61 Å². The van der Waals surface area contributed by atoms with Crippen LogP contribution in [-0.2, 0) is 19.5 Å². The fourth-order valence-electron chi connectivity index (χ4n) is 1.60. The van der Waals surface area contributed by atoms with Gasteiger partial charge in [-0.2, -0.15) is 0 Å². The van der Waals surface area contributed by atoms with Gasteiger partial charge in [0.15, 0.2) is 0 Å². The molecule has 0 unspecified atom stereocenters. The Morgan fingerprint density at radius 3 is 2.38 bits per heavy atom. The normalized spacial score (nSPS) is 12.2. The summed E-state index contributed by atoms with van der Waals surface area (Å²) in [6, 6.07) is 4.23. The summed E-state index contributed by atoms with van der Waals surface area (Å²) in [5.41, 5.74) is 0.308. The van der Waals surface area contributed by atoms with Crippen molar-refractivity contribution in [2.45, 2.75) is 38.2 Å². The molecular weight excluding hydrogens is 294 g/mol. The van der Waals surface area contributed by atoms with Crippen LogP contribution < -0.4 is 5.14 Å². The van der Waals surface area contributed by atoms with Crippen molar-refractivity contribution in [3.8, 4) is 0 Å². The minimum Gasteiger partial charge on any atom is -0.460 e. The molecule has 1 aromatic carbocycles. The van der Waals surface area contributed by atoms with Gasteiger partial charge in [0.05, 0.1) is 22.7 Å². The fraction of sp³-hybridized carbons (Fsp3) is 0.500. The van der Waals surface area contributed by atoms with Crippen molar-refractivity contribution in [1.82, 2.24) is 0 Å². The third-order valence-corrected chi connectivity index (χ3v) is 3.63. The third kappa shape index (κ3) is 5.82. The van der Waals surface area contributed by atoms with Crippen LogP contribution in [0, 0.1) is 6.92 Å². The van der Waals surface area contributed by atoms with E-state index in [2.05, 4.69) is 0 Å². The van der Waals surface area contributed by atoms with Crippen LogP contribution in [0.3, 0.4) is 0 Å². The molecular formula is C14H21NO5S. The second-order valence-electron chi connectivity index (χ2n) is 5.62. The van der Waals surface area contributed by atoms with Crippen molar-refractivity contribution in [3.63, 3.8) is 0 Å². The van der Waals surface area contributed by atoms with Crippen molar-refractivity contribution in [3.05, 3.63) is 29.3 Å². The van der Waals surface area contributed by atoms with E-state index in [1.165, 1.54) is 18.2 Å². The number of carbonyl (C=O) groups is 1. The second kappa shape index (κ2) is 6.55. The molecule has 0 amide bonds. The van der Waals surface area contributed by atoms with Gasteiger partial charge in [-0.25, -0.2) is 18.4 Å². The van der Waals surface area contributed by atoms with E-state index in [-0.39, 0.29) is 29.3 Å². The number of nitrogens with two attached hydrogens (primary N) is 1. The molecule has 2 N–H and O–H groups in total. The molecule has 0 heterocycles. The largest absolute Gasteiger partial charge is 0.460 e. The third-order valence-electron chi connectivity index (χ3n) is 2.58. The maximum absolute atomic E-state index is 11.8. The first-order valence-electron chi connectivity index (χ1n) is 6.45. The number of primary sulfonamides is 1. The number of ether oxygens (including phenoxy) is 2. The number of sulfonamides is 1. The number of hydrogen-bond acceptors (Lipinski definition) is 5. The Balaban J connectivity index is 2.72. The maximum atomic E-state index is 11.8. The lowest BCUT2D eigenvalue weighted by Crippen LogP contribution is -2.22. The lowest BCUT2D eigenvalue weighted by atomic mass is 10.1. The Morgan fingerprint density at radius 2 is 1.86 bits per heavy atom. The Labute approximate surface area is 125 Å². The van der Waals surface area contributed by atoms with Gasteiger partial charge in [-0.05, 0) is 45.4 Å². The zero-order chi connectivity index (χ0) is 16.3. The average Bonchev–Trinajstić information content (AvgIpc) is 2.32. The van der Waals surface area contributed by atoms with Crippen LogP contribution in [0.25, 0.3) is 0 Å². The van der Waals surface area contributed by atoms with Crippen LogP contribution in [0.2, 0.25) is 0 Å². The van der Waals surface area contributed by atoms with E-state index in [4.69, 9.17) is 14.6 Å². The fourth-order valence-corrected chi connectivity index (χ4v) is 2.41. The lowest BCUT2D eigenvalue weighted by Gasteiger charge is -2.19. The van der Waals surface area contributed by atoms with Crippen LogP contribution in [0.15, 0.2) is 23.1 Å². The summed E-state index contributed by atoms with van der Waals surface area (Å²) in [6.07, 6.45) is 0. The molecule has 0 spiro atoms. The number of rotatable bonds is 5. The highest BCUT2D eigenvalue weighted by Gasteiger charge is 2.16. The van der Waals surface area contributed by atoms with Gasteiger partial charge in [0, 0.05) is 0 Å². The monoisotopic (exact) mass is 315 g/mol. The molecule has 0 fully saturated rings. The number of esters is 1. The van der Waals surface area contributed by atoms with Crippen LogP contribution in [0.4, 0.5) is 0 Å². The van der Waals surface area contributed by atoms with Crippen LogP contribution in [0.5, 0.6) is 0 Å². The lowest BCUT2D eigenvalue weighted by molar-refractivity contribution is -0.0281. The van der Waals surface area contributed by atoms with Crippen molar-refractivity contribution in [2.24, 2.45) is 5.14 Å². The first kappa shape index (κ1) is 17.6. The second-order valence-corrected chi connectivity index (χ2v) is 7.15. The van der Waals surface area contributed by atoms with Crippen LogP contribution in [-0.4, -0.2) is 33.2 Å². The van der Waals surface area contributed by atoms with E-state index in [9.17, 15) is 13.2 Å². The van der Waals surface area contributed by atoms with Gasteiger partial charge in [-0.1, -0.05) is 6.07 Å². The molecule has 0 bridgehead atoms. The van der Waals surface area contributed by atoms with Crippen LogP contribution >= 0.6 is 0 Å². The molecule has 6 nitrogen and oxygen atoms in total. The number of benzene rings is 1. The predicted octanol–water partition coefficient (Wildman–Crippen LogP) is 1.61. The summed E-state index contributed by atoms with van der Waals surface area (Å²) >= 11 is 0. The molecule has 0 aliphatic rings. The summed E-state index contributed by atoms with van der Waals surface area (Å²) in [5.74, 6) is -0.614. The average molecular weight is 315 g/mol. The van der Waals surface area contributed by atoms with E-state index < -0.39 is 16.0 Å². The number of aryl methyl sites for hydroxylation is 1. The molecule has 21 heavy (non-hydrogen) atoms. The molecule has 0 aliphatic heterocycles. The summed E-state index contributed by atoms with van der Waals surface area (Å²) in [5, 5.41) is 5.10.